The third kappa shape index (κ3) is 6.78. The minimum atomic E-state index is -4.48. The molecule has 0 aliphatic heterocycles. The summed E-state index contributed by atoms with van der Waals surface area (Å²) in [7, 11) is -2.08. The number of hydrogen-bond donors (Lipinski definition) is 0. The van der Waals surface area contributed by atoms with Crippen molar-refractivity contribution in [3.63, 3.8) is 0 Å². The van der Waals surface area contributed by atoms with Crippen molar-refractivity contribution < 1.29 is 26.3 Å². The summed E-state index contributed by atoms with van der Waals surface area (Å²) in [5, 5.41) is 2.02. The Hall–Kier alpha value is -1.86. The van der Waals surface area contributed by atoms with Crippen LogP contribution < -0.4 is 10.6 Å². The molecular weight excluding hydrogens is 524 g/mol. The molecule has 1 aliphatic rings. The molecule has 0 N–H and O–H groups in total. The van der Waals surface area contributed by atoms with Crippen LogP contribution in [0.15, 0.2) is 71.2 Å². The number of halogens is 6. The predicted octanol–water partition coefficient (Wildman–Crippen LogP) is 9.41. The van der Waals surface area contributed by atoms with Crippen molar-refractivity contribution in [1.82, 2.24) is 0 Å². The monoisotopic (exact) mass is 555 g/mol. The molecule has 2 aromatic rings. The fourth-order valence-corrected chi connectivity index (χ4v) is 12.4. The minimum Gasteiger partial charge on any atom is -0.166 e. The van der Waals surface area contributed by atoms with E-state index in [0.29, 0.717) is 10.6 Å². The van der Waals surface area contributed by atoms with Crippen molar-refractivity contribution in [2.75, 3.05) is 0 Å². The summed E-state index contributed by atoms with van der Waals surface area (Å²) in [4.78, 5) is 0. The molecule has 0 saturated heterocycles. The molecule has 0 fully saturated rings. The zero-order valence-corrected chi connectivity index (χ0v) is 23.7. The third-order valence-corrected chi connectivity index (χ3v) is 12.4. The van der Waals surface area contributed by atoms with Gasteiger partial charge in [-0.15, -0.1) is 5.73 Å². The Kier molecular flexibility index (Phi) is 8.32. The molecule has 1 aliphatic carbocycles. The van der Waals surface area contributed by atoms with Crippen molar-refractivity contribution in [2.45, 2.75) is 76.8 Å². The summed E-state index contributed by atoms with van der Waals surface area (Å²) in [5.41, 5.74) is 2.75. The van der Waals surface area contributed by atoms with E-state index in [1.165, 1.54) is 24.3 Å². The van der Waals surface area contributed by atoms with E-state index in [2.05, 4.69) is 60.3 Å². The van der Waals surface area contributed by atoms with E-state index in [1.54, 1.807) is 6.08 Å². The van der Waals surface area contributed by atoms with Gasteiger partial charge in [0.1, 0.15) is 0 Å². The van der Waals surface area contributed by atoms with Crippen LogP contribution in [0, 0.1) is 6.08 Å². The SMILES string of the molecule is C[C@@H](C1=[C]C=C=C1P(c1ccc(C(F)(F)F)cc1)c1ccc(C(F)(F)F)cc1)P(C(C)(C)C)C(C)(C)C. The first kappa shape index (κ1) is 29.7. The number of alkyl halides is 6. The lowest BCUT2D eigenvalue weighted by atomic mass is 10.2. The molecular formula is C29H31F6P2. The first-order valence-electron chi connectivity index (χ1n) is 11.8. The van der Waals surface area contributed by atoms with Gasteiger partial charge in [-0.25, -0.2) is 0 Å². The van der Waals surface area contributed by atoms with Crippen LogP contribution in [0.2, 0.25) is 0 Å². The average Bonchev–Trinajstić information content (AvgIpc) is 3.21. The Morgan fingerprint density at radius 3 is 1.35 bits per heavy atom. The summed E-state index contributed by atoms with van der Waals surface area (Å²) in [5.74, 6) is 0. The van der Waals surface area contributed by atoms with E-state index in [4.69, 9.17) is 0 Å². The zero-order chi connectivity index (χ0) is 28.0. The molecule has 1 radical (unpaired) electrons. The first-order valence-corrected chi connectivity index (χ1v) is 14.6. The van der Waals surface area contributed by atoms with Gasteiger partial charge in [-0.1, -0.05) is 80.7 Å². The van der Waals surface area contributed by atoms with Gasteiger partial charge in [0.25, 0.3) is 0 Å². The summed E-state index contributed by atoms with van der Waals surface area (Å²) < 4.78 is 79.5. The molecule has 8 heteroatoms. The van der Waals surface area contributed by atoms with Gasteiger partial charge in [0.2, 0.25) is 0 Å². The van der Waals surface area contributed by atoms with Gasteiger partial charge < -0.3 is 0 Å². The Balaban J connectivity index is 2.13. The molecule has 3 rings (SSSR count). The van der Waals surface area contributed by atoms with Gasteiger partial charge >= 0.3 is 12.4 Å². The smallest absolute Gasteiger partial charge is 0.166 e. The molecule has 0 heterocycles. The highest BCUT2D eigenvalue weighted by Gasteiger charge is 2.41. The van der Waals surface area contributed by atoms with Gasteiger partial charge in [-0.2, -0.15) is 26.3 Å². The van der Waals surface area contributed by atoms with Crippen LogP contribution >= 0.6 is 15.8 Å². The van der Waals surface area contributed by atoms with Crippen LogP contribution in [-0.2, 0) is 12.4 Å². The Bertz CT molecular complexity index is 1130. The molecule has 0 spiro atoms. The van der Waals surface area contributed by atoms with Crippen molar-refractivity contribution in [1.29, 1.82) is 0 Å². The molecule has 199 valence electrons. The molecule has 0 saturated carbocycles. The maximum Gasteiger partial charge on any atom is 0.416 e. The largest absolute Gasteiger partial charge is 0.416 e. The van der Waals surface area contributed by atoms with Gasteiger partial charge in [-0.05, 0) is 70.8 Å². The predicted molar refractivity (Wildman–Crippen MR) is 143 cm³/mol. The molecule has 0 aromatic heterocycles. The van der Waals surface area contributed by atoms with E-state index in [1.807, 2.05) is 0 Å². The number of benzene rings is 2. The van der Waals surface area contributed by atoms with Gasteiger partial charge in [0.05, 0.1) is 11.1 Å². The van der Waals surface area contributed by atoms with Gasteiger partial charge in [0.15, 0.2) is 0 Å². The number of allylic oxidation sites excluding steroid dienone is 3. The van der Waals surface area contributed by atoms with Crippen LogP contribution in [0.5, 0.6) is 0 Å². The Labute approximate surface area is 218 Å². The van der Waals surface area contributed by atoms with Crippen LogP contribution in [-0.4, -0.2) is 16.0 Å². The van der Waals surface area contributed by atoms with Crippen molar-refractivity contribution in [3.8, 4) is 0 Å². The molecule has 2 aromatic carbocycles. The van der Waals surface area contributed by atoms with Crippen molar-refractivity contribution >= 4 is 26.5 Å². The third-order valence-electron chi connectivity index (χ3n) is 6.07. The second-order valence-electron chi connectivity index (χ2n) is 11.0. The highest BCUT2D eigenvalue weighted by atomic mass is 31.1. The molecule has 1 atom stereocenters. The van der Waals surface area contributed by atoms with E-state index in [9.17, 15) is 26.3 Å². The maximum atomic E-state index is 13.2. The summed E-state index contributed by atoms with van der Waals surface area (Å²) in [6.07, 6.45) is -3.93. The molecule has 0 amide bonds. The second-order valence-corrected chi connectivity index (χ2v) is 17.4. The fraction of sp³-hybridized carbons (Fsp3) is 0.414. The lowest BCUT2D eigenvalue weighted by molar-refractivity contribution is -0.138. The zero-order valence-electron chi connectivity index (χ0n) is 21.9. The van der Waals surface area contributed by atoms with Gasteiger partial charge in [0, 0.05) is 11.0 Å². The number of rotatable bonds is 5. The minimum absolute atomic E-state index is 0.000843. The van der Waals surface area contributed by atoms with Crippen molar-refractivity contribution in [3.05, 3.63) is 88.4 Å². The summed E-state index contributed by atoms with van der Waals surface area (Å²) in [6, 6.07) is 9.83. The number of hydrogen-bond acceptors (Lipinski definition) is 0. The second kappa shape index (κ2) is 10.4. The highest BCUT2D eigenvalue weighted by Crippen LogP contribution is 2.66. The highest BCUT2D eigenvalue weighted by molar-refractivity contribution is 7.77. The standard InChI is InChI=1S/C29H31F6P2/c1-19(37(26(2,3)4)27(5,6)7)24-9-8-10-25(24)36(22-15-11-20(12-16-22)28(30,31)32)23-17-13-21(14-18-23)29(33,34)35/h8,11-19H,1-7H3/t19-/m0/s1. The fourth-order valence-electron chi connectivity index (χ4n) is 5.14. The normalized spacial score (nSPS) is 15.9. The maximum absolute atomic E-state index is 13.2. The quantitative estimate of drug-likeness (QED) is 0.196. The lowest BCUT2D eigenvalue weighted by Crippen LogP contribution is -2.31. The van der Waals surface area contributed by atoms with Crippen LogP contribution in [0.4, 0.5) is 26.3 Å². The molecule has 37 heavy (non-hydrogen) atoms. The summed E-state index contributed by atoms with van der Waals surface area (Å²) >= 11 is 0. The first-order chi connectivity index (χ1) is 16.8. The Morgan fingerprint density at radius 1 is 0.649 bits per heavy atom. The Morgan fingerprint density at radius 2 is 1.03 bits per heavy atom. The van der Waals surface area contributed by atoms with Gasteiger partial charge in [-0.3, -0.25) is 0 Å². The summed E-state index contributed by atoms with van der Waals surface area (Å²) in [6.45, 7) is 15.4. The van der Waals surface area contributed by atoms with Crippen LogP contribution in [0.1, 0.15) is 59.6 Å². The molecule has 0 bridgehead atoms. The van der Waals surface area contributed by atoms with E-state index in [0.717, 1.165) is 35.2 Å². The van der Waals surface area contributed by atoms with E-state index < -0.39 is 39.3 Å². The van der Waals surface area contributed by atoms with E-state index >= 15 is 0 Å². The average molecular weight is 556 g/mol. The lowest BCUT2D eigenvalue weighted by Gasteiger charge is -2.46. The van der Waals surface area contributed by atoms with Crippen LogP contribution in [0.25, 0.3) is 0 Å². The topological polar surface area (TPSA) is 0 Å². The van der Waals surface area contributed by atoms with Crippen molar-refractivity contribution in [2.24, 2.45) is 0 Å². The molecule has 0 unspecified atom stereocenters. The van der Waals surface area contributed by atoms with E-state index in [-0.39, 0.29) is 16.0 Å². The van der Waals surface area contributed by atoms with Crippen LogP contribution in [0.3, 0.4) is 0 Å². The molecule has 0 nitrogen and oxygen atoms in total.